The van der Waals surface area contributed by atoms with Crippen molar-refractivity contribution in [3.05, 3.63) is 54.3 Å². The zero-order chi connectivity index (χ0) is 20.6. The molecular weight excluding hydrogens is 395 g/mol. The van der Waals surface area contributed by atoms with E-state index in [0.29, 0.717) is 11.4 Å². The van der Waals surface area contributed by atoms with Gasteiger partial charge in [0.2, 0.25) is 0 Å². The fraction of sp³-hybridized carbons (Fsp3) is 0.176. The highest BCUT2D eigenvalue weighted by atomic mass is 32.2. The number of carbonyl (C=O) groups excluding carboxylic acids is 2. The molecule has 9 nitrogen and oxygen atoms in total. The van der Waals surface area contributed by atoms with E-state index in [4.69, 9.17) is 4.74 Å². The number of carbonyl (C=O) groups is 2. The molecule has 0 bridgehead atoms. The third kappa shape index (κ3) is 6.30. The third-order valence-corrected chi connectivity index (χ3v) is 4.46. The quantitative estimate of drug-likeness (QED) is 0.469. The molecule has 0 unspecified atom stereocenters. The smallest absolute Gasteiger partial charge is 0.334 e. The number of methoxy groups -OCH3 is 1. The van der Waals surface area contributed by atoms with Crippen LogP contribution in [0.1, 0.15) is 0 Å². The summed E-state index contributed by atoms with van der Waals surface area (Å²) in [6.45, 7) is -1.38. The summed E-state index contributed by atoms with van der Waals surface area (Å²) in [6, 6.07) is 10.6. The van der Waals surface area contributed by atoms with E-state index in [1.807, 2.05) is 0 Å². The van der Waals surface area contributed by atoms with Gasteiger partial charge in [-0.1, -0.05) is 17.0 Å². The lowest BCUT2D eigenvalue weighted by Crippen LogP contribution is -2.29. The van der Waals surface area contributed by atoms with Crippen molar-refractivity contribution in [1.82, 2.24) is 4.89 Å². The second-order valence-electron chi connectivity index (χ2n) is 5.24. The van der Waals surface area contributed by atoms with E-state index in [0.717, 1.165) is 24.3 Å². The number of benzene rings is 2. The molecule has 0 fully saturated rings. The van der Waals surface area contributed by atoms with E-state index in [1.54, 1.807) is 29.2 Å². The Bertz CT molecular complexity index is 933. The number of para-hydroxylation sites is 2. The Balaban J connectivity index is 1.75. The van der Waals surface area contributed by atoms with Gasteiger partial charge >= 0.3 is 5.97 Å². The first-order valence-electron chi connectivity index (χ1n) is 7.79. The largest absolute Gasteiger partial charge is 0.495 e. The molecule has 0 aromatic heterocycles. The van der Waals surface area contributed by atoms with Crippen LogP contribution in [0, 0.1) is 5.82 Å². The summed E-state index contributed by atoms with van der Waals surface area (Å²) in [6.07, 6.45) is 0. The zero-order valence-corrected chi connectivity index (χ0v) is 15.5. The van der Waals surface area contributed by atoms with Crippen LogP contribution in [0.2, 0.25) is 0 Å². The second kappa shape index (κ2) is 9.78. The maximum Gasteiger partial charge on any atom is 0.334 e. The monoisotopic (exact) mass is 412 g/mol. The summed E-state index contributed by atoms with van der Waals surface area (Å²) in [5.74, 6) is -1.77. The average Bonchev–Trinajstić information content (AvgIpc) is 2.67. The number of hydrogen-bond acceptors (Lipinski definition) is 7. The Morgan fingerprint density at radius 1 is 1.04 bits per heavy atom. The fourth-order valence-corrected chi connectivity index (χ4v) is 2.75. The van der Waals surface area contributed by atoms with Gasteiger partial charge in [-0.15, -0.1) is 0 Å². The van der Waals surface area contributed by atoms with Gasteiger partial charge in [0.05, 0.1) is 17.7 Å². The molecule has 0 aliphatic rings. The van der Waals surface area contributed by atoms with Crippen molar-refractivity contribution in [3.63, 3.8) is 0 Å². The van der Waals surface area contributed by atoms with Gasteiger partial charge in [0.25, 0.3) is 15.9 Å². The maximum absolute atomic E-state index is 12.8. The highest BCUT2D eigenvalue weighted by Crippen LogP contribution is 2.22. The topological polar surface area (TPSA) is 120 Å². The van der Waals surface area contributed by atoms with Crippen LogP contribution in [0.3, 0.4) is 0 Å². The SMILES string of the molecule is COc1ccccc1NC(=O)COC(=O)CONS(=O)(=O)c1ccc(F)cc1. The van der Waals surface area contributed by atoms with Crippen LogP contribution in [0.4, 0.5) is 10.1 Å². The van der Waals surface area contributed by atoms with Gasteiger partial charge < -0.3 is 14.8 Å². The Morgan fingerprint density at radius 2 is 1.71 bits per heavy atom. The molecule has 2 aromatic rings. The molecule has 0 saturated heterocycles. The summed E-state index contributed by atoms with van der Waals surface area (Å²) in [4.78, 5) is 29.4. The predicted molar refractivity (Wildman–Crippen MR) is 95.3 cm³/mol. The van der Waals surface area contributed by atoms with Crippen LogP contribution in [0.5, 0.6) is 5.75 Å². The van der Waals surface area contributed by atoms with Gasteiger partial charge in [0.1, 0.15) is 11.6 Å². The number of nitrogens with one attached hydrogen (secondary N) is 2. The Hall–Kier alpha value is -3.02. The van der Waals surface area contributed by atoms with E-state index in [2.05, 4.69) is 14.9 Å². The molecule has 28 heavy (non-hydrogen) atoms. The highest BCUT2D eigenvalue weighted by molar-refractivity contribution is 7.89. The molecule has 0 aliphatic heterocycles. The lowest BCUT2D eigenvalue weighted by atomic mass is 10.3. The number of halogens is 1. The van der Waals surface area contributed by atoms with Crippen LogP contribution in [-0.4, -0.2) is 40.6 Å². The molecule has 0 spiro atoms. The Morgan fingerprint density at radius 3 is 2.39 bits per heavy atom. The van der Waals surface area contributed by atoms with E-state index in [9.17, 15) is 22.4 Å². The molecule has 0 heterocycles. The minimum atomic E-state index is -4.09. The number of hydrogen-bond donors (Lipinski definition) is 2. The van der Waals surface area contributed by atoms with E-state index in [1.165, 1.54) is 7.11 Å². The average molecular weight is 412 g/mol. The molecule has 0 aliphatic carbocycles. The summed E-state index contributed by atoms with van der Waals surface area (Å²) in [5, 5.41) is 2.50. The van der Waals surface area contributed by atoms with Crippen molar-refractivity contribution in [2.75, 3.05) is 25.6 Å². The van der Waals surface area contributed by atoms with Crippen molar-refractivity contribution in [1.29, 1.82) is 0 Å². The van der Waals surface area contributed by atoms with Crippen molar-refractivity contribution in [2.24, 2.45) is 0 Å². The fourth-order valence-electron chi connectivity index (χ4n) is 1.95. The van der Waals surface area contributed by atoms with Crippen LogP contribution < -0.4 is 14.9 Å². The summed E-state index contributed by atoms with van der Waals surface area (Å²) < 4.78 is 46.3. The lowest BCUT2D eigenvalue weighted by molar-refractivity contribution is -0.152. The molecule has 0 atom stereocenters. The van der Waals surface area contributed by atoms with Gasteiger partial charge in [-0.05, 0) is 36.4 Å². The number of amides is 1. The van der Waals surface area contributed by atoms with Crippen molar-refractivity contribution in [2.45, 2.75) is 4.90 Å². The standard InChI is InChI=1S/C17H17FN2O7S/c1-25-15-5-3-2-4-14(15)19-16(21)10-26-17(22)11-27-20-28(23,24)13-8-6-12(18)7-9-13/h2-9,20H,10-11H2,1H3,(H,19,21). The van der Waals surface area contributed by atoms with Crippen LogP contribution in [0.25, 0.3) is 0 Å². The molecule has 0 saturated carbocycles. The number of sulfonamides is 1. The van der Waals surface area contributed by atoms with Crippen LogP contribution in [0.15, 0.2) is 53.4 Å². The molecule has 11 heteroatoms. The number of esters is 1. The molecule has 150 valence electrons. The van der Waals surface area contributed by atoms with Crippen LogP contribution >= 0.6 is 0 Å². The van der Waals surface area contributed by atoms with Crippen molar-refractivity contribution in [3.8, 4) is 5.75 Å². The first-order valence-corrected chi connectivity index (χ1v) is 9.28. The van der Waals surface area contributed by atoms with E-state index in [-0.39, 0.29) is 4.90 Å². The van der Waals surface area contributed by atoms with Crippen molar-refractivity contribution >= 4 is 27.6 Å². The number of rotatable bonds is 9. The third-order valence-electron chi connectivity index (χ3n) is 3.23. The molecule has 2 aromatic carbocycles. The van der Waals surface area contributed by atoms with Crippen LogP contribution in [-0.2, 0) is 29.2 Å². The zero-order valence-electron chi connectivity index (χ0n) is 14.7. The van der Waals surface area contributed by atoms with Crippen molar-refractivity contribution < 1.29 is 36.7 Å². The van der Waals surface area contributed by atoms with E-state index < -0.39 is 40.9 Å². The Labute approximate surface area is 160 Å². The van der Waals surface area contributed by atoms with E-state index >= 15 is 0 Å². The maximum atomic E-state index is 12.8. The molecular formula is C17H17FN2O7S. The van der Waals surface area contributed by atoms with Gasteiger partial charge in [-0.25, -0.2) is 17.6 Å². The number of ether oxygens (including phenoxy) is 2. The normalized spacial score (nSPS) is 10.9. The summed E-state index contributed by atoms with van der Waals surface area (Å²) in [7, 11) is -2.65. The summed E-state index contributed by atoms with van der Waals surface area (Å²) >= 11 is 0. The number of anilines is 1. The minimum absolute atomic E-state index is 0.251. The molecule has 2 N–H and O–H groups in total. The van der Waals surface area contributed by atoms with Gasteiger partial charge in [-0.2, -0.15) is 0 Å². The molecule has 2 rings (SSSR count). The van der Waals surface area contributed by atoms with Gasteiger partial charge in [-0.3, -0.25) is 9.63 Å². The second-order valence-corrected chi connectivity index (χ2v) is 6.88. The predicted octanol–water partition coefficient (Wildman–Crippen LogP) is 1.23. The minimum Gasteiger partial charge on any atom is -0.495 e. The molecule has 1 amide bonds. The Kier molecular flexibility index (Phi) is 7.44. The lowest BCUT2D eigenvalue weighted by Gasteiger charge is -2.10. The molecule has 0 radical (unpaired) electrons. The first-order chi connectivity index (χ1) is 13.3. The first kappa shape index (κ1) is 21.3. The summed E-state index contributed by atoms with van der Waals surface area (Å²) in [5.41, 5.74) is 0.398. The highest BCUT2D eigenvalue weighted by Gasteiger charge is 2.16. The van der Waals surface area contributed by atoms with Gasteiger partial charge in [0.15, 0.2) is 13.2 Å². The van der Waals surface area contributed by atoms with Gasteiger partial charge in [0, 0.05) is 0 Å².